The standard InChI is InChI=1S/C17H19N5O3/c1-10(23)19-17(2,3)16-18-15(25-22-16)14-9-13(20-21-14)11-6-5-7-12(8-11)24-4/h5-9H,1-4H3,(H,19,23)(H,20,21). The lowest BCUT2D eigenvalue weighted by atomic mass is 10.1. The minimum absolute atomic E-state index is 0.168. The van der Waals surface area contributed by atoms with Gasteiger partial charge < -0.3 is 14.6 Å². The van der Waals surface area contributed by atoms with Gasteiger partial charge in [0.25, 0.3) is 5.89 Å². The third-order valence-electron chi connectivity index (χ3n) is 3.65. The first kappa shape index (κ1) is 16.7. The van der Waals surface area contributed by atoms with Gasteiger partial charge >= 0.3 is 0 Å². The van der Waals surface area contributed by atoms with E-state index >= 15 is 0 Å². The topological polar surface area (TPSA) is 106 Å². The maximum Gasteiger partial charge on any atom is 0.276 e. The van der Waals surface area contributed by atoms with Gasteiger partial charge in [-0.1, -0.05) is 17.3 Å². The Morgan fingerprint density at radius 2 is 2.12 bits per heavy atom. The number of amides is 1. The first-order valence-electron chi connectivity index (χ1n) is 7.72. The summed E-state index contributed by atoms with van der Waals surface area (Å²) >= 11 is 0. The summed E-state index contributed by atoms with van der Waals surface area (Å²) in [6.07, 6.45) is 0. The number of aromatic amines is 1. The monoisotopic (exact) mass is 341 g/mol. The summed E-state index contributed by atoms with van der Waals surface area (Å²) in [6, 6.07) is 9.40. The quantitative estimate of drug-likeness (QED) is 0.738. The van der Waals surface area contributed by atoms with Gasteiger partial charge in [-0.3, -0.25) is 9.89 Å². The lowest BCUT2D eigenvalue weighted by Gasteiger charge is -2.20. The van der Waals surface area contributed by atoms with Crippen LogP contribution in [0.4, 0.5) is 0 Å². The fraction of sp³-hybridized carbons (Fsp3) is 0.294. The van der Waals surface area contributed by atoms with Crippen molar-refractivity contribution >= 4 is 5.91 Å². The van der Waals surface area contributed by atoms with Crippen molar-refractivity contribution in [2.75, 3.05) is 7.11 Å². The lowest BCUT2D eigenvalue weighted by Crippen LogP contribution is -2.40. The molecular weight excluding hydrogens is 322 g/mol. The van der Waals surface area contributed by atoms with Crippen LogP contribution in [0, 0.1) is 0 Å². The number of nitrogens with one attached hydrogen (secondary N) is 2. The maximum atomic E-state index is 11.3. The largest absolute Gasteiger partial charge is 0.497 e. The predicted octanol–water partition coefficient (Wildman–Crippen LogP) is 2.51. The second kappa shape index (κ2) is 6.39. The molecule has 130 valence electrons. The van der Waals surface area contributed by atoms with E-state index < -0.39 is 5.54 Å². The minimum atomic E-state index is -0.733. The van der Waals surface area contributed by atoms with Gasteiger partial charge in [-0.15, -0.1) is 0 Å². The molecule has 2 N–H and O–H groups in total. The zero-order chi connectivity index (χ0) is 18.0. The van der Waals surface area contributed by atoms with Crippen LogP contribution in [0.5, 0.6) is 5.75 Å². The molecular formula is C17H19N5O3. The van der Waals surface area contributed by atoms with E-state index in [0.29, 0.717) is 17.4 Å². The number of aromatic nitrogens is 4. The third-order valence-corrected chi connectivity index (χ3v) is 3.65. The summed E-state index contributed by atoms with van der Waals surface area (Å²) in [7, 11) is 1.62. The van der Waals surface area contributed by atoms with Gasteiger partial charge in [0, 0.05) is 12.5 Å². The van der Waals surface area contributed by atoms with Crippen molar-refractivity contribution in [3.8, 4) is 28.6 Å². The van der Waals surface area contributed by atoms with Crippen LogP contribution in [0.25, 0.3) is 22.8 Å². The molecule has 25 heavy (non-hydrogen) atoms. The van der Waals surface area contributed by atoms with E-state index in [1.807, 2.05) is 30.3 Å². The van der Waals surface area contributed by atoms with Gasteiger partial charge in [0.1, 0.15) is 11.4 Å². The van der Waals surface area contributed by atoms with Gasteiger partial charge in [0.05, 0.1) is 18.3 Å². The van der Waals surface area contributed by atoms with Crippen molar-refractivity contribution in [1.82, 2.24) is 25.7 Å². The van der Waals surface area contributed by atoms with E-state index in [4.69, 9.17) is 9.26 Å². The van der Waals surface area contributed by atoms with Crippen LogP contribution in [0.2, 0.25) is 0 Å². The number of benzene rings is 1. The molecule has 0 aliphatic rings. The molecule has 0 saturated heterocycles. The summed E-state index contributed by atoms with van der Waals surface area (Å²) < 4.78 is 10.5. The van der Waals surface area contributed by atoms with Crippen LogP contribution in [-0.4, -0.2) is 33.4 Å². The Labute approximate surface area is 144 Å². The van der Waals surface area contributed by atoms with Crippen LogP contribution < -0.4 is 10.1 Å². The first-order chi connectivity index (χ1) is 11.9. The Hall–Kier alpha value is -3.16. The Kier molecular flexibility index (Phi) is 4.26. The Balaban J connectivity index is 1.87. The molecule has 1 amide bonds. The fourth-order valence-electron chi connectivity index (χ4n) is 2.44. The summed E-state index contributed by atoms with van der Waals surface area (Å²) in [6.45, 7) is 5.05. The molecule has 0 aliphatic carbocycles. The Morgan fingerprint density at radius 1 is 1.32 bits per heavy atom. The smallest absolute Gasteiger partial charge is 0.276 e. The SMILES string of the molecule is COc1cccc(-c2cc(-c3nc(C(C)(C)NC(C)=O)no3)[nH]n2)c1. The molecule has 0 saturated carbocycles. The first-order valence-corrected chi connectivity index (χ1v) is 7.72. The number of carbonyl (C=O) groups excluding carboxylic acids is 1. The van der Waals surface area contributed by atoms with E-state index in [-0.39, 0.29) is 5.91 Å². The maximum absolute atomic E-state index is 11.3. The number of H-pyrrole nitrogens is 1. The van der Waals surface area contributed by atoms with Gasteiger partial charge in [0.2, 0.25) is 5.91 Å². The molecule has 0 radical (unpaired) electrons. The number of ether oxygens (including phenoxy) is 1. The van der Waals surface area contributed by atoms with Crippen LogP contribution in [0.3, 0.4) is 0 Å². The van der Waals surface area contributed by atoms with Crippen LogP contribution in [-0.2, 0) is 10.3 Å². The number of hydrogen-bond donors (Lipinski definition) is 2. The average Bonchev–Trinajstić information content (AvgIpc) is 3.23. The highest BCUT2D eigenvalue weighted by atomic mass is 16.5. The number of methoxy groups -OCH3 is 1. The molecule has 0 aliphatic heterocycles. The van der Waals surface area contributed by atoms with Crippen LogP contribution in [0.1, 0.15) is 26.6 Å². The number of nitrogens with zero attached hydrogens (tertiary/aromatic N) is 3. The summed E-state index contributed by atoms with van der Waals surface area (Å²) in [4.78, 5) is 15.7. The number of hydrogen-bond acceptors (Lipinski definition) is 6. The van der Waals surface area contributed by atoms with E-state index in [1.165, 1.54) is 6.92 Å². The Morgan fingerprint density at radius 3 is 2.84 bits per heavy atom. The molecule has 0 fully saturated rings. The second-order valence-corrected chi connectivity index (χ2v) is 6.13. The molecule has 0 atom stereocenters. The van der Waals surface area contributed by atoms with Crippen molar-refractivity contribution in [2.45, 2.75) is 26.3 Å². The molecule has 1 aromatic carbocycles. The van der Waals surface area contributed by atoms with E-state index in [2.05, 4.69) is 25.7 Å². The molecule has 3 rings (SSSR count). The minimum Gasteiger partial charge on any atom is -0.497 e. The highest BCUT2D eigenvalue weighted by Crippen LogP contribution is 2.26. The number of carbonyl (C=O) groups is 1. The van der Waals surface area contributed by atoms with Gasteiger partial charge in [-0.05, 0) is 32.0 Å². The fourth-order valence-corrected chi connectivity index (χ4v) is 2.44. The predicted molar refractivity (Wildman–Crippen MR) is 90.7 cm³/mol. The highest BCUT2D eigenvalue weighted by molar-refractivity contribution is 5.73. The van der Waals surface area contributed by atoms with Crippen molar-refractivity contribution in [3.63, 3.8) is 0 Å². The van der Waals surface area contributed by atoms with E-state index in [1.54, 1.807) is 21.0 Å². The van der Waals surface area contributed by atoms with Crippen LogP contribution >= 0.6 is 0 Å². The highest BCUT2D eigenvalue weighted by Gasteiger charge is 2.28. The van der Waals surface area contributed by atoms with Gasteiger partial charge in [-0.2, -0.15) is 10.1 Å². The summed E-state index contributed by atoms with van der Waals surface area (Å²) in [5, 5.41) is 13.9. The summed E-state index contributed by atoms with van der Waals surface area (Å²) in [5.41, 5.74) is 1.49. The van der Waals surface area contributed by atoms with Crippen molar-refractivity contribution in [3.05, 3.63) is 36.2 Å². The molecule has 8 heteroatoms. The molecule has 0 unspecified atom stereocenters. The molecule has 0 spiro atoms. The Bertz CT molecular complexity index is 897. The third kappa shape index (κ3) is 3.52. The molecule has 2 heterocycles. The molecule has 0 bridgehead atoms. The van der Waals surface area contributed by atoms with Crippen molar-refractivity contribution in [2.24, 2.45) is 0 Å². The lowest BCUT2D eigenvalue weighted by molar-refractivity contribution is -0.120. The molecule has 2 aromatic heterocycles. The zero-order valence-electron chi connectivity index (χ0n) is 14.5. The van der Waals surface area contributed by atoms with E-state index in [9.17, 15) is 4.79 Å². The van der Waals surface area contributed by atoms with Crippen molar-refractivity contribution in [1.29, 1.82) is 0 Å². The van der Waals surface area contributed by atoms with Crippen molar-refractivity contribution < 1.29 is 14.1 Å². The second-order valence-electron chi connectivity index (χ2n) is 6.13. The summed E-state index contributed by atoms with van der Waals surface area (Å²) in [5.74, 6) is 1.27. The van der Waals surface area contributed by atoms with Gasteiger partial charge in [-0.25, -0.2) is 0 Å². The molecule has 8 nitrogen and oxygen atoms in total. The average molecular weight is 341 g/mol. The number of rotatable bonds is 5. The normalized spacial score (nSPS) is 11.4. The molecule has 3 aromatic rings. The van der Waals surface area contributed by atoms with Gasteiger partial charge in [0.15, 0.2) is 5.82 Å². The zero-order valence-corrected chi connectivity index (χ0v) is 14.5. The van der Waals surface area contributed by atoms with E-state index in [0.717, 1.165) is 17.0 Å². The van der Waals surface area contributed by atoms with Crippen LogP contribution in [0.15, 0.2) is 34.9 Å².